The molecule has 21 heavy (non-hydrogen) atoms. The van der Waals surface area contributed by atoms with Gasteiger partial charge in [0.05, 0.1) is 0 Å². The topological polar surface area (TPSA) is 38.3 Å². The number of ether oxygens (including phenoxy) is 1. The first-order valence-electron chi connectivity index (χ1n) is 6.85. The lowest BCUT2D eigenvalue weighted by atomic mass is 10.1. The van der Waals surface area contributed by atoms with Crippen LogP contribution in [-0.2, 0) is 17.8 Å². The zero-order valence-electron chi connectivity index (χ0n) is 11.9. The van der Waals surface area contributed by atoms with Crippen LogP contribution in [0.2, 0.25) is 0 Å². The Bertz CT molecular complexity index is 599. The number of hydrogen-bond acceptors (Lipinski definition) is 2. The van der Waals surface area contributed by atoms with E-state index in [0.717, 1.165) is 16.5 Å². The monoisotopic (exact) mass is 347 g/mol. The number of carbonyl (C=O) groups excluding carboxylic acids is 1. The van der Waals surface area contributed by atoms with Crippen LogP contribution >= 0.6 is 15.9 Å². The third-order valence-electron chi connectivity index (χ3n) is 3.26. The van der Waals surface area contributed by atoms with Gasteiger partial charge in [0.15, 0.2) is 0 Å². The average molecular weight is 348 g/mol. The molecular formula is C17H18BrNO2. The zero-order chi connectivity index (χ0) is 15.1. The Kier molecular flexibility index (Phi) is 5.81. The molecule has 4 heteroatoms. The van der Waals surface area contributed by atoms with Gasteiger partial charge in [-0.1, -0.05) is 58.4 Å². The fraction of sp³-hybridized carbons (Fsp3) is 0.235. The van der Waals surface area contributed by atoms with E-state index in [-0.39, 0.29) is 6.09 Å². The van der Waals surface area contributed by atoms with Crippen molar-refractivity contribution in [3.63, 3.8) is 0 Å². The quantitative estimate of drug-likeness (QED) is 0.878. The Labute approximate surface area is 133 Å². The van der Waals surface area contributed by atoms with Crippen molar-refractivity contribution in [1.82, 2.24) is 5.32 Å². The highest BCUT2D eigenvalue weighted by Gasteiger charge is 2.04. The highest BCUT2D eigenvalue weighted by Crippen LogP contribution is 2.19. The van der Waals surface area contributed by atoms with Crippen LogP contribution in [0.3, 0.4) is 0 Å². The molecule has 0 saturated carbocycles. The molecule has 0 saturated heterocycles. The second-order valence-corrected chi connectivity index (χ2v) is 5.62. The zero-order valence-corrected chi connectivity index (χ0v) is 13.5. The summed E-state index contributed by atoms with van der Waals surface area (Å²) in [5.74, 6) is 0. The summed E-state index contributed by atoms with van der Waals surface area (Å²) in [5.41, 5.74) is 3.40. The van der Waals surface area contributed by atoms with E-state index in [1.807, 2.05) is 42.5 Å². The lowest BCUT2D eigenvalue weighted by Gasteiger charge is -2.09. The molecule has 0 aliphatic carbocycles. The van der Waals surface area contributed by atoms with Gasteiger partial charge in [0, 0.05) is 11.0 Å². The summed E-state index contributed by atoms with van der Waals surface area (Å²) in [7, 11) is 0. The summed E-state index contributed by atoms with van der Waals surface area (Å²) in [5, 5.41) is 2.77. The largest absolute Gasteiger partial charge is 0.445 e. The smallest absolute Gasteiger partial charge is 0.407 e. The fourth-order valence-electron chi connectivity index (χ4n) is 2.00. The van der Waals surface area contributed by atoms with Crippen molar-refractivity contribution in [3.05, 3.63) is 69.7 Å². The molecule has 3 nitrogen and oxygen atoms in total. The molecule has 0 atom stereocenters. The number of rotatable bonds is 5. The van der Waals surface area contributed by atoms with Gasteiger partial charge in [0.2, 0.25) is 0 Å². The Morgan fingerprint density at radius 3 is 2.67 bits per heavy atom. The fourth-order valence-corrected chi connectivity index (χ4v) is 2.40. The molecule has 0 bridgehead atoms. The van der Waals surface area contributed by atoms with Crippen LogP contribution in [0.1, 0.15) is 16.7 Å². The molecule has 0 heterocycles. The number of halogens is 1. The number of alkyl carbamates (subject to hydrolysis) is 1. The highest BCUT2D eigenvalue weighted by atomic mass is 79.9. The molecule has 2 aromatic rings. The number of nitrogens with one attached hydrogen (secondary N) is 1. The van der Waals surface area contributed by atoms with Crippen LogP contribution in [-0.4, -0.2) is 12.6 Å². The van der Waals surface area contributed by atoms with E-state index in [9.17, 15) is 4.79 Å². The number of amides is 1. The molecule has 0 spiro atoms. The summed E-state index contributed by atoms with van der Waals surface area (Å²) in [6, 6.07) is 15.7. The molecule has 0 radical (unpaired) electrons. The number of benzene rings is 2. The molecule has 0 aliphatic rings. The van der Waals surface area contributed by atoms with E-state index < -0.39 is 0 Å². The molecule has 110 valence electrons. The van der Waals surface area contributed by atoms with Crippen LogP contribution in [0.25, 0.3) is 0 Å². The minimum absolute atomic E-state index is 0.294. The van der Waals surface area contributed by atoms with Crippen molar-refractivity contribution in [3.8, 4) is 0 Å². The predicted octanol–water partition coefficient (Wildman–Crippen LogP) is 4.23. The Morgan fingerprint density at radius 2 is 1.90 bits per heavy atom. The maximum Gasteiger partial charge on any atom is 0.407 e. The van der Waals surface area contributed by atoms with Gasteiger partial charge in [-0.25, -0.2) is 4.79 Å². The van der Waals surface area contributed by atoms with E-state index in [2.05, 4.69) is 34.2 Å². The van der Waals surface area contributed by atoms with Gasteiger partial charge >= 0.3 is 6.09 Å². The third-order valence-corrected chi connectivity index (χ3v) is 4.12. The number of carbonyl (C=O) groups is 1. The van der Waals surface area contributed by atoms with E-state index in [4.69, 9.17) is 4.74 Å². The van der Waals surface area contributed by atoms with Crippen molar-refractivity contribution in [1.29, 1.82) is 0 Å². The summed E-state index contributed by atoms with van der Waals surface area (Å²) in [6.45, 7) is 2.92. The van der Waals surface area contributed by atoms with Crippen LogP contribution < -0.4 is 5.32 Å². The van der Waals surface area contributed by atoms with Crippen molar-refractivity contribution >= 4 is 22.0 Å². The molecule has 0 aliphatic heterocycles. The van der Waals surface area contributed by atoms with E-state index in [0.29, 0.717) is 13.2 Å². The molecular weight excluding hydrogens is 330 g/mol. The molecule has 0 aromatic heterocycles. The SMILES string of the molecule is Cc1c(Br)cccc1CCNC(=O)OCc1ccccc1. The second-order valence-electron chi connectivity index (χ2n) is 4.76. The minimum atomic E-state index is -0.383. The highest BCUT2D eigenvalue weighted by molar-refractivity contribution is 9.10. The van der Waals surface area contributed by atoms with Gasteiger partial charge in [-0.15, -0.1) is 0 Å². The maximum atomic E-state index is 11.6. The molecule has 0 fully saturated rings. The van der Waals surface area contributed by atoms with Crippen LogP contribution in [0.5, 0.6) is 0 Å². The Hall–Kier alpha value is -1.81. The Balaban J connectivity index is 1.73. The van der Waals surface area contributed by atoms with Crippen LogP contribution in [0.15, 0.2) is 53.0 Å². The van der Waals surface area contributed by atoms with Gasteiger partial charge in [-0.3, -0.25) is 0 Å². The van der Waals surface area contributed by atoms with Gasteiger partial charge in [0.25, 0.3) is 0 Å². The first kappa shape index (κ1) is 15.6. The van der Waals surface area contributed by atoms with Gasteiger partial charge in [-0.2, -0.15) is 0 Å². The first-order chi connectivity index (χ1) is 10.2. The standard InChI is InChI=1S/C17H18BrNO2/c1-13-15(8-5-9-16(13)18)10-11-19-17(20)21-12-14-6-3-2-4-7-14/h2-9H,10-12H2,1H3,(H,19,20). The maximum absolute atomic E-state index is 11.6. The molecule has 1 amide bonds. The van der Waals surface area contributed by atoms with E-state index in [1.54, 1.807) is 0 Å². The molecule has 2 rings (SSSR count). The molecule has 0 unspecified atom stereocenters. The van der Waals surface area contributed by atoms with Crippen molar-refractivity contribution in [2.24, 2.45) is 0 Å². The molecule has 1 N–H and O–H groups in total. The third kappa shape index (κ3) is 4.90. The van der Waals surface area contributed by atoms with Gasteiger partial charge in [0.1, 0.15) is 6.61 Å². The van der Waals surface area contributed by atoms with E-state index in [1.165, 1.54) is 11.1 Å². The van der Waals surface area contributed by atoms with Gasteiger partial charge in [-0.05, 0) is 36.1 Å². The van der Waals surface area contributed by atoms with Crippen molar-refractivity contribution < 1.29 is 9.53 Å². The molecule has 2 aromatic carbocycles. The summed E-state index contributed by atoms with van der Waals surface area (Å²) in [6.07, 6.45) is 0.401. The lowest BCUT2D eigenvalue weighted by Crippen LogP contribution is -2.26. The van der Waals surface area contributed by atoms with Crippen LogP contribution in [0.4, 0.5) is 4.79 Å². The lowest BCUT2D eigenvalue weighted by molar-refractivity contribution is 0.140. The van der Waals surface area contributed by atoms with Gasteiger partial charge < -0.3 is 10.1 Å². The normalized spacial score (nSPS) is 10.2. The average Bonchev–Trinajstić information content (AvgIpc) is 2.50. The first-order valence-corrected chi connectivity index (χ1v) is 7.64. The van der Waals surface area contributed by atoms with E-state index >= 15 is 0 Å². The second kappa shape index (κ2) is 7.84. The minimum Gasteiger partial charge on any atom is -0.445 e. The van der Waals surface area contributed by atoms with Crippen molar-refractivity contribution in [2.45, 2.75) is 20.0 Å². The summed E-state index contributed by atoms with van der Waals surface area (Å²) < 4.78 is 6.25. The van der Waals surface area contributed by atoms with Crippen molar-refractivity contribution in [2.75, 3.05) is 6.54 Å². The Morgan fingerprint density at radius 1 is 1.14 bits per heavy atom. The summed E-state index contributed by atoms with van der Waals surface area (Å²) in [4.78, 5) is 11.6. The number of hydrogen-bond donors (Lipinski definition) is 1. The van der Waals surface area contributed by atoms with Crippen LogP contribution in [0, 0.1) is 6.92 Å². The summed E-state index contributed by atoms with van der Waals surface area (Å²) >= 11 is 3.51. The predicted molar refractivity (Wildman–Crippen MR) is 87.2 cm³/mol.